The zero-order valence-corrected chi connectivity index (χ0v) is 74.0. The van der Waals surface area contributed by atoms with E-state index in [1.165, 1.54) is 12.4 Å². The quantitative estimate of drug-likeness (QED) is 0.0329. The summed E-state index contributed by atoms with van der Waals surface area (Å²) in [7, 11) is -10.3. The first-order valence-electron chi connectivity index (χ1n) is 39.4. The lowest BCUT2D eigenvalue weighted by Gasteiger charge is -2.21. The molecule has 2 aromatic heterocycles. The Morgan fingerprint density at radius 1 is 0.488 bits per heavy atom. The van der Waals surface area contributed by atoms with Gasteiger partial charge in [-0.15, -0.1) is 0 Å². The lowest BCUT2D eigenvalue weighted by molar-refractivity contribution is -0.123. The van der Waals surface area contributed by atoms with E-state index in [1.54, 1.807) is 0 Å². The number of aryl methyl sites for hydroxylation is 2. The predicted octanol–water partition coefficient (Wildman–Crippen LogP) is 1.48. The van der Waals surface area contributed by atoms with E-state index in [4.69, 9.17) is 114 Å². The molecule has 4 saturated heterocycles. The Hall–Kier alpha value is -4.58. The molecule has 6 heterocycles. The first-order valence-corrected chi connectivity index (χ1v) is 49.3. The van der Waals surface area contributed by atoms with Crippen molar-refractivity contribution in [3.63, 3.8) is 0 Å². The normalized spacial score (nSPS) is 21.7. The molecule has 6 amide bonds. The number of unbranched alkanes of at least 4 members (excludes halogenated alkanes) is 4. The van der Waals surface area contributed by atoms with Gasteiger partial charge in [-0.2, -0.15) is 9.97 Å². The fourth-order valence-corrected chi connectivity index (χ4v) is 18.4. The van der Waals surface area contributed by atoms with E-state index in [0.717, 1.165) is 60.5 Å². The summed E-state index contributed by atoms with van der Waals surface area (Å²) in [5.41, 5.74) is 10.8. The van der Waals surface area contributed by atoms with E-state index in [-0.39, 0.29) is 105 Å². The predicted molar refractivity (Wildman–Crippen MR) is 435 cm³/mol. The number of nitrogens with one attached hydrogen (secondary N) is 6. The molecular weight excluding hydrogens is 1780 g/mol. The highest BCUT2D eigenvalue weighted by molar-refractivity contribution is 8.15. The van der Waals surface area contributed by atoms with Crippen LogP contribution in [0.3, 0.4) is 0 Å². The van der Waals surface area contributed by atoms with Gasteiger partial charge in [0.05, 0.1) is 119 Å². The summed E-state index contributed by atoms with van der Waals surface area (Å²) in [5, 5.41) is 57.5. The molecule has 0 spiro atoms. The molecule has 0 aliphatic carbocycles. The maximum atomic E-state index is 12.6. The van der Waals surface area contributed by atoms with E-state index in [0.29, 0.717) is 173 Å². The van der Waals surface area contributed by atoms with Crippen molar-refractivity contribution in [3.05, 3.63) is 44.5 Å². The lowest BCUT2D eigenvalue weighted by atomic mass is 9.97. The number of hydrogen-bond acceptors (Lipinski definition) is 33. The van der Waals surface area contributed by atoms with Gasteiger partial charge >= 0.3 is 39.2 Å². The second-order valence-electron chi connectivity index (χ2n) is 28.1. The number of aliphatic hydroxyl groups excluding tert-OH is 4. The molecule has 6 rings (SSSR count). The van der Waals surface area contributed by atoms with E-state index in [1.807, 2.05) is 0 Å². The summed E-state index contributed by atoms with van der Waals surface area (Å²) < 4.78 is 112. The summed E-state index contributed by atoms with van der Waals surface area (Å²) >= 11 is 19.1. The van der Waals surface area contributed by atoms with E-state index >= 15 is 0 Å². The average molecular weight is 1900 g/mol. The molecule has 0 bridgehead atoms. The average Bonchev–Trinajstić information content (AvgIpc) is 1.63. The first kappa shape index (κ1) is 109. The standard InChI is InChI=1S/C34H60N6O18P2.C34H58N6O12.Cl4O3P2/c1-23-20-29(43)38-25(23)7-3-2-4-8-27(41)37-11-13-53-15-17-55-19-18-54-16-14-52-12-9-28(42)36-10-5-6-24-21-40(34(45)39-32(24)35)33-30(44)31(58-60(49,50)51)26(57-33)22-56-59(46,47)48;1-23-20-29(44)38-25(23)7-3-2-4-8-27(42)37-11-13-49-15-17-51-19-18-50-16-14-48-12-9-28(43)36-10-5-6-24-21-40(34(47)39-32(24)35)33-31(46)30(45)26(22-41)52-33;1-8(2,5)7-9(3,4)6/h21,23,25-26,30-31,33,44H,2-20,22H2,1H3,(H,36,42)(H,37,41)(H,38,43)(H2,35,39,45)(H2,46,47,48)(H2,49,50,51);21,23,25-26,30-31,33,41,45-46H,2-20,22H2,1H3,(H,36,43)(H,37,42)(H,38,44)(H2,35,39,47);/t23-,25-,26-,30+,31?,33-;23-,25-,26-,30?,31+,33-;/m11./s1. The van der Waals surface area contributed by atoms with E-state index in [9.17, 15) is 86.8 Å². The van der Waals surface area contributed by atoms with Crippen LogP contribution in [0, 0.1) is 11.8 Å². The molecule has 121 heavy (non-hydrogen) atoms. The smallest absolute Gasteiger partial charge is 0.394 e. The van der Waals surface area contributed by atoms with Crippen LogP contribution in [0.15, 0.2) is 22.0 Å². The van der Waals surface area contributed by atoms with Crippen LogP contribution in [0.5, 0.6) is 0 Å². The van der Waals surface area contributed by atoms with Crippen LogP contribution in [0.2, 0.25) is 0 Å². The Balaban J connectivity index is 0.000000464. The molecule has 12 atom stereocenters. The largest absolute Gasteiger partial charge is 0.470 e. The summed E-state index contributed by atoms with van der Waals surface area (Å²) in [6.45, 7) is 9.69. The number of phosphoric ester groups is 2. The molecule has 696 valence electrons. The number of nitrogens with two attached hydrogens (primary N) is 2. The second kappa shape index (κ2) is 58.7. The number of phosphoric acid groups is 2. The van der Waals surface area contributed by atoms with Gasteiger partial charge in [-0.1, -0.05) is 39.5 Å². The number of ether oxygens (including phenoxy) is 10. The highest BCUT2D eigenvalue weighted by atomic mass is 35.9. The molecular formula is C68H118Cl4N12O33P4. The Labute approximate surface area is 718 Å². The Morgan fingerprint density at radius 2 is 0.843 bits per heavy atom. The van der Waals surface area contributed by atoms with Crippen molar-refractivity contribution in [1.29, 1.82) is 0 Å². The van der Waals surface area contributed by atoms with Gasteiger partial charge in [0, 0.05) is 100 Å². The molecule has 2 aromatic rings. The number of nitrogen functional groups attached to an aromatic ring is 2. The van der Waals surface area contributed by atoms with Crippen LogP contribution in [-0.2, 0) is 121 Å². The molecule has 4 fully saturated rings. The van der Waals surface area contributed by atoms with Gasteiger partial charge in [-0.3, -0.25) is 56.1 Å². The second-order valence-corrected chi connectivity index (χ2v) is 39.3. The van der Waals surface area contributed by atoms with E-state index in [2.05, 4.69) is 69.1 Å². The topological polar surface area (TPSA) is 647 Å². The number of nitrogens with zero attached hydrogens (tertiary/aromatic N) is 4. The highest BCUT2D eigenvalue weighted by Gasteiger charge is 2.50. The fourth-order valence-electron chi connectivity index (χ4n) is 12.4. The lowest BCUT2D eigenvalue weighted by Crippen LogP contribution is -2.38. The van der Waals surface area contributed by atoms with Crippen molar-refractivity contribution in [2.45, 2.75) is 191 Å². The number of carbonyl (C=O) groups excluding carboxylic acids is 6. The van der Waals surface area contributed by atoms with E-state index < -0.39 is 101 Å². The third kappa shape index (κ3) is 47.7. The molecule has 53 heteroatoms. The summed E-state index contributed by atoms with van der Waals surface area (Å²) in [6.07, 6.45) is -5.87. The van der Waals surface area contributed by atoms with Crippen molar-refractivity contribution in [2.75, 3.05) is 157 Å². The SMILES string of the molecule is C[C@@H]1CC(=O)N[C@@H]1CCCCCC(=O)NCCOCCOCCOCCOCCC(=O)NCCCc1cn([C@@H]2O[C@H](CO)C(O)[C@@H]2O)c(=O)nc1N.C[C@@H]1CC(=O)N[C@@H]1CCCCCC(=O)NCCOCCOCCOCCOCCC(=O)NCCCc1cn([C@@H]2O[C@H](COP(=O)(O)O)C(OP(=O)(O)O)[C@@H]2O)c(=O)nc1N.O=P(Cl)(Cl)OP(=O)(Cl)Cl. The van der Waals surface area contributed by atoms with Gasteiger partial charge in [0.15, 0.2) is 12.5 Å². The van der Waals surface area contributed by atoms with Gasteiger partial charge in [0.25, 0.3) is 0 Å². The van der Waals surface area contributed by atoms with Gasteiger partial charge in [0.1, 0.15) is 48.3 Å². The number of aromatic nitrogens is 4. The number of aliphatic hydroxyl groups is 4. The van der Waals surface area contributed by atoms with Crippen LogP contribution in [-0.4, -0.2) is 288 Å². The van der Waals surface area contributed by atoms with Crippen molar-refractivity contribution >= 4 is 120 Å². The Kier molecular flexibility index (Phi) is 52.8. The Morgan fingerprint density at radius 3 is 1.18 bits per heavy atom. The number of amides is 6. The fraction of sp³-hybridized carbons (Fsp3) is 0.794. The number of rotatable bonds is 60. The number of halogens is 4. The summed E-state index contributed by atoms with van der Waals surface area (Å²) in [4.78, 5) is 140. The summed E-state index contributed by atoms with van der Waals surface area (Å²) in [5.74, 6) is 0.449. The molecule has 45 nitrogen and oxygen atoms in total. The van der Waals surface area contributed by atoms with Crippen molar-refractivity contribution in [3.8, 4) is 0 Å². The van der Waals surface area contributed by atoms with Crippen LogP contribution in [0.1, 0.15) is 140 Å². The minimum absolute atomic E-state index is 0.00417. The van der Waals surface area contributed by atoms with Gasteiger partial charge < -0.3 is 131 Å². The van der Waals surface area contributed by atoms with Crippen LogP contribution >= 0.6 is 72.8 Å². The van der Waals surface area contributed by atoms with Crippen molar-refractivity contribution < 1.29 is 148 Å². The van der Waals surface area contributed by atoms with Crippen LogP contribution in [0.25, 0.3) is 0 Å². The molecule has 0 radical (unpaired) electrons. The zero-order chi connectivity index (χ0) is 89.6. The maximum Gasteiger partial charge on any atom is 0.470 e. The first-order chi connectivity index (χ1) is 57.2. The minimum Gasteiger partial charge on any atom is -0.394 e. The van der Waals surface area contributed by atoms with Crippen molar-refractivity contribution in [1.82, 2.24) is 51.0 Å². The number of anilines is 2. The molecule has 0 saturated carbocycles. The van der Waals surface area contributed by atoms with Crippen molar-refractivity contribution in [2.24, 2.45) is 11.8 Å². The molecule has 0 aromatic carbocycles. The van der Waals surface area contributed by atoms with Gasteiger partial charge in [0.2, 0.25) is 35.4 Å². The molecule has 2 unspecified atom stereocenters. The van der Waals surface area contributed by atoms with Crippen LogP contribution < -0.4 is 54.7 Å². The van der Waals surface area contributed by atoms with Crippen LogP contribution in [0.4, 0.5) is 11.6 Å². The number of carbonyl (C=O) groups is 6. The maximum absolute atomic E-state index is 12.6. The zero-order valence-electron chi connectivity index (χ0n) is 67.4. The molecule has 4 aliphatic rings. The third-order valence-electron chi connectivity index (χ3n) is 18.5. The highest BCUT2D eigenvalue weighted by Crippen LogP contribution is 2.74. The van der Waals surface area contributed by atoms with Gasteiger partial charge in [-0.25, -0.2) is 23.0 Å². The third-order valence-corrected chi connectivity index (χ3v) is 23.2. The summed E-state index contributed by atoms with van der Waals surface area (Å²) in [6, 6.07) is 0.524. The number of hydrogen-bond donors (Lipinski definition) is 16. The van der Waals surface area contributed by atoms with Gasteiger partial charge in [-0.05, 0) is 108 Å². The molecule has 4 aliphatic heterocycles. The monoisotopic (exact) mass is 1890 g/mol. The minimum atomic E-state index is -5.24. The molecule has 18 N–H and O–H groups in total. The Bertz CT molecular complexity index is 3740.